The number of nitrogens with one attached hydrogen (secondary N) is 1. The van der Waals surface area contributed by atoms with Gasteiger partial charge in [0.2, 0.25) is 12.3 Å². The van der Waals surface area contributed by atoms with E-state index >= 15 is 0 Å². The maximum atomic E-state index is 12.3. The first kappa shape index (κ1) is 10.7. The minimum atomic E-state index is -0.191. The lowest BCUT2D eigenvalue weighted by atomic mass is 10.0. The van der Waals surface area contributed by atoms with E-state index in [0.717, 1.165) is 38.9 Å². The predicted octanol–water partition coefficient (Wildman–Crippen LogP) is 0.138. The van der Waals surface area contributed by atoms with Gasteiger partial charge in [-0.2, -0.15) is 4.98 Å². The molecule has 0 aromatic carbocycles. The Hall–Kier alpha value is -1.43. The van der Waals surface area contributed by atoms with E-state index in [-0.39, 0.29) is 11.8 Å². The van der Waals surface area contributed by atoms with Gasteiger partial charge in [0, 0.05) is 12.6 Å². The molecule has 0 aliphatic carbocycles. The molecular formula is C11H16N4O2. The smallest absolute Gasteiger partial charge is 0.233 e. The lowest BCUT2D eigenvalue weighted by molar-refractivity contribution is -0.131. The molecule has 1 N–H and O–H groups in total. The van der Waals surface area contributed by atoms with Crippen molar-refractivity contribution in [2.75, 3.05) is 19.6 Å². The molecule has 2 aliphatic rings. The molecule has 1 unspecified atom stereocenters. The summed E-state index contributed by atoms with van der Waals surface area (Å²) in [6.07, 6.45) is 4.19. The second kappa shape index (κ2) is 4.44. The molecule has 2 aliphatic heterocycles. The van der Waals surface area contributed by atoms with Crippen LogP contribution in [0.25, 0.3) is 0 Å². The fraction of sp³-hybridized carbons (Fsp3) is 0.727. The highest BCUT2D eigenvalue weighted by Gasteiger charge is 2.39. The summed E-state index contributed by atoms with van der Waals surface area (Å²) in [6.45, 7) is 2.82. The third-order valence-corrected chi connectivity index (χ3v) is 3.68. The lowest BCUT2D eigenvalue weighted by Crippen LogP contribution is -2.44. The highest BCUT2D eigenvalue weighted by Crippen LogP contribution is 2.29. The van der Waals surface area contributed by atoms with Crippen molar-refractivity contribution in [3.63, 3.8) is 0 Å². The van der Waals surface area contributed by atoms with E-state index in [2.05, 4.69) is 15.5 Å². The number of likely N-dealkylation sites (tertiary alicyclic amines) is 1. The Morgan fingerprint density at radius 1 is 1.35 bits per heavy atom. The van der Waals surface area contributed by atoms with Gasteiger partial charge in [0.05, 0.1) is 0 Å². The van der Waals surface area contributed by atoms with Crippen molar-refractivity contribution >= 4 is 5.91 Å². The Morgan fingerprint density at radius 2 is 2.18 bits per heavy atom. The second-order valence-corrected chi connectivity index (χ2v) is 4.64. The van der Waals surface area contributed by atoms with Crippen LogP contribution in [0, 0.1) is 0 Å². The fourth-order valence-electron chi connectivity index (χ4n) is 2.75. The first-order valence-electron chi connectivity index (χ1n) is 6.14. The third kappa shape index (κ3) is 1.93. The van der Waals surface area contributed by atoms with E-state index < -0.39 is 0 Å². The molecule has 1 aromatic heterocycles. The van der Waals surface area contributed by atoms with Crippen molar-refractivity contribution in [2.45, 2.75) is 31.2 Å². The van der Waals surface area contributed by atoms with Crippen LogP contribution < -0.4 is 5.32 Å². The van der Waals surface area contributed by atoms with Gasteiger partial charge >= 0.3 is 0 Å². The van der Waals surface area contributed by atoms with Crippen molar-refractivity contribution in [3.05, 3.63) is 12.2 Å². The normalized spacial score (nSPS) is 26.7. The molecule has 1 atom stereocenters. The summed E-state index contributed by atoms with van der Waals surface area (Å²) in [4.78, 5) is 18.3. The summed E-state index contributed by atoms with van der Waals surface area (Å²) in [6, 6.07) is 0.389. The third-order valence-electron chi connectivity index (χ3n) is 3.68. The monoisotopic (exact) mass is 236 g/mol. The van der Waals surface area contributed by atoms with Gasteiger partial charge in [-0.3, -0.25) is 4.79 Å². The molecule has 0 bridgehead atoms. The summed E-state index contributed by atoms with van der Waals surface area (Å²) in [5, 5.41) is 7.10. The zero-order valence-electron chi connectivity index (χ0n) is 9.63. The van der Waals surface area contributed by atoms with Gasteiger partial charge in [0.15, 0.2) is 5.82 Å². The minimum absolute atomic E-state index is 0.165. The van der Waals surface area contributed by atoms with Crippen LogP contribution in [0.5, 0.6) is 0 Å². The zero-order valence-corrected chi connectivity index (χ0v) is 9.63. The second-order valence-electron chi connectivity index (χ2n) is 4.64. The van der Waals surface area contributed by atoms with Gasteiger partial charge in [-0.25, -0.2) is 0 Å². The van der Waals surface area contributed by atoms with Crippen LogP contribution in [0.3, 0.4) is 0 Å². The number of aromatic nitrogens is 2. The van der Waals surface area contributed by atoms with Crippen LogP contribution in [-0.4, -0.2) is 46.6 Å². The summed E-state index contributed by atoms with van der Waals surface area (Å²) >= 11 is 0. The Balaban J connectivity index is 1.71. The average Bonchev–Trinajstić information content (AvgIpc) is 2.99. The molecule has 1 amide bonds. The van der Waals surface area contributed by atoms with E-state index in [4.69, 9.17) is 4.52 Å². The van der Waals surface area contributed by atoms with Gasteiger partial charge in [-0.15, -0.1) is 0 Å². The highest BCUT2D eigenvalue weighted by molar-refractivity contribution is 5.85. The van der Waals surface area contributed by atoms with E-state index in [9.17, 15) is 4.79 Å². The Bertz CT molecular complexity index is 386. The van der Waals surface area contributed by atoms with E-state index in [1.165, 1.54) is 6.39 Å². The quantitative estimate of drug-likeness (QED) is 0.790. The number of carbonyl (C=O) groups is 1. The fourth-order valence-corrected chi connectivity index (χ4v) is 2.75. The van der Waals surface area contributed by atoms with E-state index in [0.29, 0.717) is 11.9 Å². The van der Waals surface area contributed by atoms with Crippen LogP contribution >= 0.6 is 0 Å². The number of hydrogen-bond acceptors (Lipinski definition) is 5. The molecule has 0 saturated carbocycles. The summed E-state index contributed by atoms with van der Waals surface area (Å²) in [5.74, 6) is 0.508. The van der Waals surface area contributed by atoms with Gasteiger partial charge in [0.1, 0.15) is 5.92 Å². The van der Waals surface area contributed by atoms with Crippen molar-refractivity contribution < 1.29 is 9.32 Å². The predicted molar refractivity (Wildman–Crippen MR) is 59.3 cm³/mol. The van der Waals surface area contributed by atoms with Gasteiger partial charge in [-0.05, 0) is 32.4 Å². The lowest BCUT2D eigenvalue weighted by Gasteiger charge is -2.31. The maximum Gasteiger partial charge on any atom is 0.233 e. The molecule has 92 valence electrons. The molecule has 17 heavy (non-hydrogen) atoms. The summed E-state index contributed by atoms with van der Waals surface area (Å²) in [5.41, 5.74) is 0. The molecule has 1 aromatic rings. The molecule has 3 rings (SSSR count). The SMILES string of the molecule is O=C1C(c2ncon2)CCN1C1CCNCC1. The molecule has 0 spiro atoms. The molecule has 2 fully saturated rings. The van der Waals surface area contributed by atoms with Crippen LogP contribution in [0.4, 0.5) is 0 Å². The van der Waals surface area contributed by atoms with Crippen molar-refractivity contribution in [3.8, 4) is 0 Å². The maximum absolute atomic E-state index is 12.3. The van der Waals surface area contributed by atoms with Crippen molar-refractivity contribution in [2.24, 2.45) is 0 Å². The van der Waals surface area contributed by atoms with Crippen molar-refractivity contribution in [1.29, 1.82) is 0 Å². The highest BCUT2D eigenvalue weighted by atomic mass is 16.5. The van der Waals surface area contributed by atoms with Gasteiger partial charge < -0.3 is 14.7 Å². The van der Waals surface area contributed by atoms with Gasteiger partial charge in [-0.1, -0.05) is 5.16 Å². The topological polar surface area (TPSA) is 71.3 Å². The number of rotatable bonds is 2. The zero-order chi connectivity index (χ0) is 11.7. The number of amides is 1. The number of hydrogen-bond donors (Lipinski definition) is 1. The molecule has 6 heteroatoms. The Labute approximate surface area is 99.4 Å². The minimum Gasteiger partial charge on any atom is -0.343 e. The van der Waals surface area contributed by atoms with Crippen LogP contribution in [-0.2, 0) is 4.79 Å². The average molecular weight is 236 g/mol. The Morgan fingerprint density at radius 3 is 2.88 bits per heavy atom. The first-order chi connectivity index (χ1) is 8.36. The molecule has 0 radical (unpaired) electrons. The van der Waals surface area contributed by atoms with E-state index in [1.807, 2.05) is 4.90 Å². The van der Waals surface area contributed by atoms with Gasteiger partial charge in [0.25, 0.3) is 0 Å². The van der Waals surface area contributed by atoms with Crippen LogP contribution in [0.1, 0.15) is 31.0 Å². The van der Waals surface area contributed by atoms with E-state index in [1.54, 1.807) is 0 Å². The molecule has 3 heterocycles. The number of piperidine rings is 1. The van der Waals surface area contributed by atoms with Crippen LogP contribution in [0.15, 0.2) is 10.9 Å². The van der Waals surface area contributed by atoms with Crippen molar-refractivity contribution in [1.82, 2.24) is 20.4 Å². The number of carbonyl (C=O) groups excluding carboxylic acids is 1. The molecule has 2 saturated heterocycles. The first-order valence-corrected chi connectivity index (χ1v) is 6.14. The summed E-state index contributed by atoms with van der Waals surface area (Å²) < 4.78 is 4.71. The molecule has 6 nitrogen and oxygen atoms in total. The summed E-state index contributed by atoms with van der Waals surface area (Å²) in [7, 11) is 0. The number of nitrogens with zero attached hydrogens (tertiary/aromatic N) is 3. The largest absolute Gasteiger partial charge is 0.343 e. The molecular weight excluding hydrogens is 220 g/mol. The van der Waals surface area contributed by atoms with Crippen LogP contribution in [0.2, 0.25) is 0 Å². The Kier molecular flexibility index (Phi) is 2.80. The standard InChI is InChI=1S/C11H16N4O2/c16-11-9(10-13-7-17-14-10)3-6-15(11)8-1-4-12-5-2-8/h7-9,12H,1-6H2.